The summed E-state index contributed by atoms with van der Waals surface area (Å²) >= 11 is 0. The van der Waals surface area contributed by atoms with E-state index in [1.165, 1.54) is 4.90 Å². The van der Waals surface area contributed by atoms with E-state index in [-0.39, 0.29) is 12.5 Å². The van der Waals surface area contributed by atoms with E-state index in [1.54, 1.807) is 29.7 Å². The number of carbonyl (C=O) groups is 3. The normalized spacial score (nSPS) is 14.9. The van der Waals surface area contributed by atoms with Crippen molar-refractivity contribution in [3.63, 3.8) is 0 Å². The largest absolute Gasteiger partial charge is 0.331 e. The molecule has 1 atom stereocenters. The summed E-state index contributed by atoms with van der Waals surface area (Å²) < 4.78 is 0. The molecule has 1 aliphatic rings. The van der Waals surface area contributed by atoms with Gasteiger partial charge in [-0.2, -0.15) is 5.26 Å². The van der Waals surface area contributed by atoms with E-state index >= 15 is 0 Å². The Labute approximate surface area is 182 Å². The van der Waals surface area contributed by atoms with Crippen LogP contribution in [0.3, 0.4) is 0 Å². The van der Waals surface area contributed by atoms with Gasteiger partial charge in [-0.15, -0.1) is 0 Å². The van der Waals surface area contributed by atoms with E-state index in [2.05, 4.69) is 10.6 Å². The lowest BCUT2D eigenvalue weighted by molar-refractivity contribution is -0.142. The lowest BCUT2D eigenvalue weighted by Gasteiger charge is -2.35. The Kier molecular flexibility index (Phi) is 8.39. The second-order valence-electron chi connectivity index (χ2n) is 8.99. The molecule has 9 heteroatoms. The molecule has 9 nitrogen and oxygen atoms in total. The van der Waals surface area contributed by atoms with Crippen LogP contribution in [-0.2, 0) is 9.59 Å². The summed E-state index contributed by atoms with van der Waals surface area (Å²) in [6.07, 6.45) is 4.15. The molecule has 0 radical (unpaired) electrons. The van der Waals surface area contributed by atoms with Crippen molar-refractivity contribution >= 4 is 23.5 Å². The van der Waals surface area contributed by atoms with Gasteiger partial charge in [0.25, 0.3) is 5.91 Å². The molecule has 0 spiro atoms. The summed E-state index contributed by atoms with van der Waals surface area (Å²) in [6, 6.07) is 6.92. The molecule has 0 bridgehead atoms. The highest BCUT2D eigenvalue weighted by molar-refractivity contribution is 5.95. The van der Waals surface area contributed by atoms with Gasteiger partial charge in [0.2, 0.25) is 5.91 Å². The number of nitrogens with zero attached hydrogens (tertiary/aromatic N) is 2. The van der Waals surface area contributed by atoms with Crippen LogP contribution >= 0.6 is 0 Å². The minimum absolute atomic E-state index is 0.280. The minimum atomic E-state index is -0.890. The highest BCUT2D eigenvalue weighted by Crippen LogP contribution is 2.27. The summed E-state index contributed by atoms with van der Waals surface area (Å²) in [5.41, 5.74) is 1.91. The van der Waals surface area contributed by atoms with E-state index in [9.17, 15) is 14.4 Å². The quantitative estimate of drug-likeness (QED) is 0.390. The standard InChI is InChI=1S/C22H31N5O4/c1-22(2,3)19(25-21(30)24-17-10-8-15(12-23)9-11-17)20(29)27(14-18(28)26-31)13-16-6-4-5-7-16/h8-11,16,19,31H,4-7,13-14H2,1-3H3,(H,26,28)(H2,24,25,30)/t19-/m1/s1. The summed E-state index contributed by atoms with van der Waals surface area (Å²) in [6.45, 7) is 5.61. The van der Waals surface area contributed by atoms with Crippen molar-refractivity contribution < 1.29 is 19.6 Å². The van der Waals surface area contributed by atoms with Crippen LogP contribution in [0.25, 0.3) is 0 Å². The molecule has 1 saturated carbocycles. The van der Waals surface area contributed by atoms with E-state index in [0.29, 0.717) is 23.7 Å². The third-order valence-electron chi connectivity index (χ3n) is 5.38. The number of nitrogens with one attached hydrogen (secondary N) is 3. The smallest absolute Gasteiger partial charge is 0.319 e. The molecule has 0 saturated heterocycles. The molecule has 1 aromatic rings. The number of nitriles is 1. The van der Waals surface area contributed by atoms with Crippen molar-refractivity contribution in [3.05, 3.63) is 29.8 Å². The Bertz CT molecular complexity index is 820. The third kappa shape index (κ3) is 7.26. The van der Waals surface area contributed by atoms with Gasteiger partial charge in [0, 0.05) is 12.2 Å². The van der Waals surface area contributed by atoms with E-state index in [0.717, 1.165) is 25.7 Å². The molecule has 0 aliphatic heterocycles. The first-order chi connectivity index (χ1) is 14.6. The first kappa shape index (κ1) is 24.2. The third-order valence-corrected chi connectivity index (χ3v) is 5.38. The minimum Gasteiger partial charge on any atom is -0.331 e. The van der Waals surface area contributed by atoms with Crippen molar-refractivity contribution in [2.45, 2.75) is 52.5 Å². The molecule has 0 unspecified atom stereocenters. The van der Waals surface area contributed by atoms with Gasteiger partial charge in [-0.05, 0) is 48.4 Å². The van der Waals surface area contributed by atoms with Crippen molar-refractivity contribution in [1.82, 2.24) is 15.7 Å². The molecule has 2 rings (SSSR count). The van der Waals surface area contributed by atoms with E-state index in [4.69, 9.17) is 10.5 Å². The predicted octanol–water partition coefficient (Wildman–Crippen LogP) is 2.62. The molecule has 1 fully saturated rings. The van der Waals surface area contributed by atoms with Crippen molar-refractivity contribution in [1.29, 1.82) is 5.26 Å². The maximum Gasteiger partial charge on any atom is 0.319 e. The zero-order valence-electron chi connectivity index (χ0n) is 18.3. The molecule has 0 heterocycles. The Morgan fingerprint density at radius 1 is 1.19 bits per heavy atom. The molecule has 4 N–H and O–H groups in total. The van der Waals surface area contributed by atoms with E-state index < -0.39 is 23.4 Å². The maximum absolute atomic E-state index is 13.4. The molecular formula is C22H31N5O4. The fraction of sp³-hybridized carbons (Fsp3) is 0.545. The van der Waals surface area contributed by atoms with Gasteiger partial charge >= 0.3 is 6.03 Å². The van der Waals surface area contributed by atoms with E-state index in [1.807, 2.05) is 26.8 Å². The Morgan fingerprint density at radius 2 is 1.81 bits per heavy atom. The second-order valence-corrected chi connectivity index (χ2v) is 8.99. The van der Waals surface area contributed by atoms with Gasteiger partial charge in [-0.25, -0.2) is 10.3 Å². The fourth-order valence-corrected chi connectivity index (χ4v) is 3.70. The molecule has 168 valence electrons. The van der Waals surface area contributed by atoms with Crippen LogP contribution in [0.4, 0.5) is 10.5 Å². The number of rotatable bonds is 7. The summed E-state index contributed by atoms with van der Waals surface area (Å²) in [4.78, 5) is 39.2. The monoisotopic (exact) mass is 429 g/mol. The summed E-state index contributed by atoms with van der Waals surface area (Å²) in [5, 5.41) is 23.2. The predicted molar refractivity (Wildman–Crippen MR) is 115 cm³/mol. The van der Waals surface area contributed by atoms with Gasteiger partial charge in [0.1, 0.15) is 12.6 Å². The Morgan fingerprint density at radius 3 is 2.32 bits per heavy atom. The van der Waals surface area contributed by atoms with Crippen LogP contribution in [0, 0.1) is 22.7 Å². The molecule has 31 heavy (non-hydrogen) atoms. The summed E-state index contributed by atoms with van der Waals surface area (Å²) in [7, 11) is 0. The number of urea groups is 1. The fourth-order valence-electron chi connectivity index (χ4n) is 3.70. The van der Waals surface area contributed by atoms with Gasteiger partial charge in [0.05, 0.1) is 11.6 Å². The lowest BCUT2D eigenvalue weighted by Crippen LogP contribution is -2.57. The van der Waals surface area contributed by atoms with Gasteiger partial charge < -0.3 is 15.5 Å². The van der Waals surface area contributed by atoms with Crippen LogP contribution in [0.15, 0.2) is 24.3 Å². The van der Waals surface area contributed by atoms with Crippen molar-refractivity contribution in [3.8, 4) is 6.07 Å². The molecule has 0 aromatic heterocycles. The topological polar surface area (TPSA) is 135 Å². The SMILES string of the molecule is CC(C)(C)[C@H](NC(=O)Nc1ccc(C#N)cc1)C(=O)N(CC(=O)NO)CC1CCCC1. The number of hydrogen-bond donors (Lipinski definition) is 4. The number of anilines is 1. The van der Waals surface area contributed by atoms with Crippen molar-refractivity contribution in [2.75, 3.05) is 18.4 Å². The van der Waals surface area contributed by atoms with Gasteiger partial charge in [-0.1, -0.05) is 33.6 Å². The van der Waals surface area contributed by atoms with Gasteiger partial charge in [-0.3, -0.25) is 14.8 Å². The first-order valence-electron chi connectivity index (χ1n) is 10.4. The zero-order chi connectivity index (χ0) is 23.0. The Balaban J connectivity index is 2.14. The molecular weight excluding hydrogens is 398 g/mol. The second kappa shape index (κ2) is 10.8. The average Bonchev–Trinajstić information content (AvgIpc) is 3.23. The molecule has 4 amide bonds. The molecule has 1 aromatic carbocycles. The van der Waals surface area contributed by atoms with Crippen LogP contribution in [0.2, 0.25) is 0 Å². The van der Waals surface area contributed by atoms with Crippen LogP contribution in [-0.4, -0.2) is 47.1 Å². The average molecular weight is 430 g/mol. The lowest BCUT2D eigenvalue weighted by atomic mass is 9.85. The van der Waals surface area contributed by atoms with Gasteiger partial charge in [0.15, 0.2) is 0 Å². The maximum atomic E-state index is 13.4. The summed E-state index contributed by atoms with van der Waals surface area (Å²) in [5.74, 6) is -0.762. The van der Waals surface area contributed by atoms with Crippen LogP contribution < -0.4 is 16.1 Å². The first-order valence-corrected chi connectivity index (χ1v) is 10.4. The number of carbonyl (C=O) groups excluding carboxylic acids is 3. The highest BCUT2D eigenvalue weighted by Gasteiger charge is 2.37. The number of amides is 4. The zero-order valence-corrected chi connectivity index (χ0v) is 18.3. The molecule has 1 aliphatic carbocycles. The van der Waals surface area contributed by atoms with Crippen molar-refractivity contribution in [2.24, 2.45) is 11.3 Å². The van der Waals surface area contributed by atoms with Crippen LogP contribution in [0.5, 0.6) is 0 Å². The number of hydrogen-bond acceptors (Lipinski definition) is 5. The Hall–Kier alpha value is -3.12. The highest BCUT2D eigenvalue weighted by atomic mass is 16.5. The van der Waals surface area contributed by atoms with Crippen LogP contribution in [0.1, 0.15) is 52.0 Å². The number of benzene rings is 1. The number of hydroxylamine groups is 1.